The van der Waals surface area contributed by atoms with Crippen molar-refractivity contribution < 1.29 is 19.0 Å². The molecule has 2 heterocycles. The summed E-state index contributed by atoms with van der Waals surface area (Å²) in [6, 6.07) is 3.78. The van der Waals surface area contributed by atoms with Gasteiger partial charge in [-0.25, -0.2) is 9.78 Å². The third-order valence-electron chi connectivity index (χ3n) is 5.16. The molecule has 29 heavy (non-hydrogen) atoms. The predicted molar refractivity (Wildman–Crippen MR) is 112 cm³/mol. The Kier molecular flexibility index (Phi) is 5.42. The molecule has 0 bridgehead atoms. The van der Waals surface area contributed by atoms with Gasteiger partial charge in [-0.3, -0.25) is 4.98 Å². The lowest BCUT2D eigenvalue weighted by Gasteiger charge is -2.51. The minimum atomic E-state index is -0.526. The topological polar surface area (TPSA) is 73.8 Å². The van der Waals surface area contributed by atoms with Crippen LogP contribution in [0.15, 0.2) is 29.0 Å². The number of nitrogens with zero attached hydrogens (tertiary/aromatic N) is 3. The van der Waals surface area contributed by atoms with Crippen LogP contribution < -0.4 is 4.74 Å². The van der Waals surface area contributed by atoms with Crippen molar-refractivity contribution >= 4 is 33.1 Å². The van der Waals surface area contributed by atoms with Gasteiger partial charge in [0.25, 0.3) is 0 Å². The molecule has 0 radical (unpaired) electrons. The lowest BCUT2D eigenvalue weighted by atomic mass is 9.78. The summed E-state index contributed by atoms with van der Waals surface area (Å²) in [6.45, 7) is 6.97. The molecule has 1 saturated carbocycles. The number of carbonyl (C=O) groups excluding carboxylic acids is 1. The molecule has 2 aromatic rings. The number of carbonyl (C=O) groups is 1. The third kappa shape index (κ3) is 4.64. The molecule has 156 valence electrons. The zero-order chi connectivity index (χ0) is 20.6. The Labute approximate surface area is 178 Å². The molecule has 8 heteroatoms. The summed E-state index contributed by atoms with van der Waals surface area (Å²) < 4.78 is 18.9. The van der Waals surface area contributed by atoms with Crippen molar-refractivity contribution in [2.24, 2.45) is 0 Å². The Morgan fingerprint density at radius 1 is 1.31 bits per heavy atom. The zero-order valence-electron chi connectivity index (χ0n) is 17.0. The van der Waals surface area contributed by atoms with Gasteiger partial charge in [0.05, 0.1) is 24.2 Å². The normalized spacial score (nSPS) is 21.1. The maximum atomic E-state index is 12.7. The molecule has 1 aromatic heterocycles. The molecule has 0 N–H and O–H groups in total. The highest BCUT2D eigenvalue weighted by molar-refractivity contribution is 9.10. The van der Waals surface area contributed by atoms with Crippen LogP contribution in [0.1, 0.15) is 40.0 Å². The van der Waals surface area contributed by atoms with Crippen molar-refractivity contribution in [3.63, 3.8) is 0 Å². The molecule has 1 saturated heterocycles. The first kappa shape index (κ1) is 20.3. The number of amides is 1. The molecule has 1 aromatic carbocycles. The minimum absolute atomic E-state index is 0.234. The van der Waals surface area contributed by atoms with Crippen molar-refractivity contribution in [3.8, 4) is 5.75 Å². The van der Waals surface area contributed by atoms with Gasteiger partial charge in [-0.2, -0.15) is 0 Å². The van der Waals surface area contributed by atoms with E-state index in [1.165, 1.54) is 0 Å². The summed E-state index contributed by atoms with van der Waals surface area (Å²) >= 11 is 3.50. The van der Waals surface area contributed by atoms with Crippen LogP contribution in [0, 0.1) is 0 Å². The number of ether oxygens (including phenoxy) is 3. The first-order valence-corrected chi connectivity index (χ1v) is 10.7. The summed E-state index contributed by atoms with van der Waals surface area (Å²) in [6.07, 6.45) is 5.79. The van der Waals surface area contributed by atoms with Crippen LogP contribution in [-0.4, -0.2) is 58.0 Å². The van der Waals surface area contributed by atoms with Gasteiger partial charge in [-0.1, -0.05) is 15.9 Å². The van der Waals surface area contributed by atoms with Crippen LogP contribution in [0.5, 0.6) is 5.75 Å². The summed E-state index contributed by atoms with van der Waals surface area (Å²) in [5, 5.41) is 0. The van der Waals surface area contributed by atoms with Crippen LogP contribution in [0.3, 0.4) is 0 Å². The molecule has 1 aliphatic heterocycles. The smallest absolute Gasteiger partial charge is 0.410 e. The van der Waals surface area contributed by atoms with Crippen molar-refractivity contribution in [1.82, 2.24) is 14.9 Å². The number of benzene rings is 1. The van der Waals surface area contributed by atoms with Gasteiger partial charge < -0.3 is 19.1 Å². The van der Waals surface area contributed by atoms with Crippen LogP contribution in [0.25, 0.3) is 11.0 Å². The van der Waals surface area contributed by atoms with Crippen molar-refractivity contribution in [1.29, 1.82) is 0 Å². The number of fused-ring (bicyclic) bond motifs is 1. The molecule has 4 rings (SSSR count). The Bertz CT molecular complexity index is 910. The van der Waals surface area contributed by atoms with Crippen LogP contribution >= 0.6 is 15.9 Å². The van der Waals surface area contributed by atoms with E-state index in [-0.39, 0.29) is 17.8 Å². The molecule has 2 aliphatic rings. The Hall–Kier alpha value is -1.93. The second-order valence-electron chi connectivity index (χ2n) is 8.78. The predicted octanol–water partition coefficient (Wildman–Crippen LogP) is 4.33. The fraction of sp³-hybridized carbons (Fsp3) is 0.571. The van der Waals surface area contributed by atoms with E-state index in [1.807, 2.05) is 32.9 Å². The number of halogens is 1. The van der Waals surface area contributed by atoms with Gasteiger partial charge >= 0.3 is 6.09 Å². The SMILES string of the molecule is CC(C)(C)OC(=O)N1C[C@@H](COc2cc(Br)cc3nccnc23)OC2(CCC2)C1. The largest absolute Gasteiger partial charge is 0.488 e. The molecule has 2 fully saturated rings. The number of morpholine rings is 1. The molecule has 7 nitrogen and oxygen atoms in total. The number of hydrogen-bond donors (Lipinski definition) is 0. The van der Waals surface area contributed by atoms with E-state index in [9.17, 15) is 4.79 Å². The van der Waals surface area contributed by atoms with E-state index >= 15 is 0 Å². The van der Waals surface area contributed by atoms with Crippen molar-refractivity contribution in [2.75, 3.05) is 19.7 Å². The van der Waals surface area contributed by atoms with Crippen molar-refractivity contribution in [2.45, 2.75) is 57.3 Å². The Balaban J connectivity index is 1.49. The highest BCUT2D eigenvalue weighted by Gasteiger charge is 2.47. The molecule has 1 spiro atoms. The van der Waals surface area contributed by atoms with Crippen LogP contribution in [0.4, 0.5) is 4.79 Å². The lowest BCUT2D eigenvalue weighted by molar-refractivity contribution is -0.193. The second-order valence-corrected chi connectivity index (χ2v) is 9.69. The number of aromatic nitrogens is 2. The minimum Gasteiger partial charge on any atom is -0.488 e. The first-order valence-electron chi connectivity index (χ1n) is 9.92. The highest BCUT2D eigenvalue weighted by Crippen LogP contribution is 2.40. The lowest BCUT2D eigenvalue weighted by Crippen LogP contribution is -2.61. The van der Waals surface area contributed by atoms with Gasteiger partial charge in [-0.05, 0) is 52.2 Å². The summed E-state index contributed by atoms with van der Waals surface area (Å²) in [5.41, 5.74) is 0.658. The molecular weight excluding hydrogens is 438 g/mol. The van der Waals surface area contributed by atoms with E-state index in [1.54, 1.807) is 17.3 Å². The third-order valence-corrected chi connectivity index (χ3v) is 5.62. The van der Waals surface area contributed by atoms with Crippen LogP contribution in [0.2, 0.25) is 0 Å². The van der Waals surface area contributed by atoms with E-state index in [0.717, 1.165) is 29.3 Å². The average Bonchev–Trinajstić information content (AvgIpc) is 2.63. The van der Waals surface area contributed by atoms with E-state index in [2.05, 4.69) is 25.9 Å². The molecule has 1 aliphatic carbocycles. The first-order chi connectivity index (χ1) is 13.7. The Morgan fingerprint density at radius 3 is 2.76 bits per heavy atom. The van der Waals surface area contributed by atoms with Gasteiger partial charge in [0.15, 0.2) is 0 Å². The van der Waals surface area contributed by atoms with Crippen molar-refractivity contribution in [3.05, 3.63) is 29.0 Å². The van der Waals surface area contributed by atoms with Gasteiger partial charge in [0.1, 0.15) is 29.6 Å². The second kappa shape index (κ2) is 7.72. The fourth-order valence-electron chi connectivity index (χ4n) is 3.79. The van der Waals surface area contributed by atoms with Gasteiger partial charge in [0, 0.05) is 16.9 Å². The average molecular weight is 464 g/mol. The maximum absolute atomic E-state index is 12.7. The molecule has 1 atom stereocenters. The van der Waals surface area contributed by atoms with E-state index in [4.69, 9.17) is 14.2 Å². The van der Waals surface area contributed by atoms with E-state index < -0.39 is 5.60 Å². The monoisotopic (exact) mass is 463 g/mol. The van der Waals surface area contributed by atoms with Gasteiger partial charge in [-0.15, -0.1) is 0 Å². The summed E-state index contributed by atoms with van der Waals surface area (Å²) in [4.78, 5) is 23.2. The quantitative estimate of drug-likeness (QED) is 0.674. The number of rotatable bonds is 3. The van der Waals surface area contributed by atoms with Crippen LogP contribution in [-0.2, 0) is 9.47 Å². The fourth-order valence-corrected chi connectivity index (χ4v) is 4.21. The maximum Gasteiger partial charge on any atom is 0.410 e. The molecule has 1 amide bonds. The molecule has 0 unspecified atom stereocenters. The Morgan fingerprint density at radius 2 is 2.07 bits per heavy atom. The highest BCUT2D eigenvalue weighted by atomic mass is 79.9. The zero-order valence-corrected chi connectivity index (χ0v) is 18.6. The standard InChI is InChI=1S/C21H26BrN3O4/c1-20(2,3)29-19(26)25-11-15(28-21(13-25)5-4-6-21)12-27-17-10-14(22)9-16-18(17)24-8-7-23-16/h7-10,15H,4-6,11-13H2,1-3H3/t15-/m0/s1. The summed E-state index contributed by atoms with van der Waals surface area (Å²) in [7, 11) is 0. The van der Waals surface area contributed by atoms with Gasteiger partial charge in [0.2, 0.25) is 0 Å². The summed E-state index contributed by atoms with van der Waals surface area (Å²) in [5.74, 6) is 0.642. The van der Waals surface area contributed by atoms with E-state index in [0.29, 0.717) is 31.0 Å². The number of hydrogen-bond acceptors (Lipinski definition) is 6. The molecular formula is C21H26BrN3O4.